The van der Waals surface area contributed by atoms with Gasteiger partial charge in [-0.1, -0.05) is 66.7 Å². The van der Waals surface area contributed by atoms with Crippen LogP contribution >= 0.6 is 0 Å². The molecule has 1 aliphatic rings. The van der Waals surface area contributed by atoms with Crippen molar-refractivity contribution in [3.8, 4) is 22.8 Å². The Labute approximate surface area is 221 Å². The summed E-state index contributed by atoms with van der Waals surface area (Å²) in [4.78, 5) is 29.5. The standard InChI is InChI=1S/C30H30N4O4/c1-30(29(36)31-18-22-13-7-9-15-26(22)37-2)20-34-25(17-24(32-34)21-11-5-4-6-12-21)28(35)33(30)19-23-14-8-10-16-27(23)38-3/h4-17H,18-20H2,1-3H3,(H,31,36)/t30-/m0/s1. The highest BCUT2D eigenvalue weighted by atomic mass is 16.5. The molecule has 1 aromatic heterocycles. The van der Waals surface area contributed by atoms with E-state index >= 15 is 0 Å². The fourth-order valence-corrected chi connectivity index (χ4v) is 4.86. The molecule has 1 aliphatic heterocycles. The number of amides is 2. The number of aromatic nitrogens is 2. The average molecular weight is 511 g/mol. The molecule has 3 aromatic carbocycles. The molecule has 2 heterocycles. The highest BCUT2D eigenvalue weighted by Gasteiger charge is 2.48. The zero-order chi connectivity index (χ0) is 26.7. The van der Waals surface area contributed by atoms with Crippen molar-refractivity contribution in [1.29, 1.82) is 0 Å². The van der Waals surface area contributed by atoms with Crippen molar-refractivity contribution in [1.82, 2.24) is 20.0 Å². The average Bonchev–Trinajstić information content (AvgIpc) is 3.38. The Kier molecular flexibility index (Phi) is 6.87. The van der Waals surface area contributed by atoms with Crippen LogP contribution in [0.2, 0.25) is 0 Å². The van der Waals surface area contributed by atoms with Crippen molar-refractivity contribution in [2.24, 2.45) is 0 Å². The van der Waals surface area contributed by atoms with Crippen LogP contribution in [0.15, 0.2) is 84.9 Å². The van der Waals surface area contributed by atoms with Crippen LogP contribution in [-0.4, -0.2) is 46.3 Å². The molecule has 0 saturated carbocycles. The summed E-state index contributed by atoms with van der Waals surface area (Å²) in [5.41, 5.74) is 2.46. The van der Waals surface area contributed by atoms with E-state index in [-0.39, 0.29) is 31.4 Å². The SMILES string of the molecule is COc1ccccc1CNC(=O)[C@]1(C)Cn2nc(-c3ccccc3)cc2C(=O)N1Cc1ccccc1OC. The summed E-state index contributed by atoms with van der Waals surface area (Å²) in [5.74, 6) is 0.785. The zero-order valence-electron chi connectivity index (χ0n) is 21.7. The quantitative estimate of drug-likeness (QED) is 0.382. The first-order chi connectivity index (χ1) is 18.4. The number of ether oxygens (including phenoxy) is 2. The van der Waals surface area contributed by atoms with E-state index in [4.69, 9.17) is 14.6 Å². The van der Waals surface area contributed by atoms with Crippen molar-refractivity contribution in [3.63, 3.8) is 0 Å². The second kappa shape index (κ2) is 10.4. The maximum atomic E-state index is 14.0. The normalized spacial score (nSPS) is 16.6. The Morgan fingerprint density at radius 1 is 0.921 bits per heavy atom. The summed E-state index contributed by atoms with van der Waals surface area (Å²) >= 11 is 0. The van der Waals surface area contributed by atoms with Crippen LogP contribution in [0.4, 0.5) is 0 Å². The van der Waals surface area contributed by atoms with Gasteiger partial charge in [0.25, 0.3) is 5.91 Å². The molecule has 0 saturated heterocycles. The minimum absolute atomic E-state index is 0.202. The highest BCUT2D eigenvalue weighted by molar-refractivity contribution is 6.00. The third-order valence-electron chi connectivity index (χ3n) is 7.01. The van der Waals surface area contributed by atoms with Gasteiger partial charge in [0.15, 0.2) is 0 Å². The zero-order valence-corrected chi connectivity index (χ0v) is 21.7. The lowest BCUT2D eigenvalue weighted by molar-refractivity contribution is -0.133. The third kappa shape index (κ3) is 4.61. The first-order valence-electron chi connectivity index (χ1n) is 12.4. The van der Waals surface area contributed by atoms with Gasteiger partial charge in [0.1, 0.15) is 22.7 Å². The fraction of sp³-hybridized carbons (Fsp3) is 0.233. The third-order valence-corrected chi connectivity index (χ3v) is 7.01. The second-order valence-corrected chi connectivity index (χ2v) is 9.41. The summed E-state index contributed by atoms with van der Waals surface area (Å²) < 4.78 is 12.6. The molecule has 5 rings (SSSR count). The van der Waals surface area contributed by atoms with Crippen LogP contribution in [0.25, 0.3) is 11.3 Å². The monoisotopic (exact) mass is 510 g/mol. The predicted octanol–water partition coefficient (Wildman–Crippen LogP) is 4.30. The molecule has 194 valence electrons. The Morgan fingerprint density at radius 3 is 2.21 bits per heavy atom. The minimum atomic E-state index is -1.22. The van der Waals surface area contributed by atoms with Crippen molar-refractivity contribution in [2.45, 2.75) is 32.1 Å². The first kappa shape index (κ1) is 25.1. The van der Waals surface area contributed by atoms with Crippen LogP contribution in [0, 0.1) is 0 Å². The fourth-order valence-electron chi connectivity index (χ4n) is 4.86. The van der Waals surface area contributed by atoms with Gasteiger partial charge in [0.2, 0.25) is 5.91 Å². The molecule has 0 fully saturated rings. The van der Waals surface area contributed by atoms with E-state index in [1.54, 1.807) is 36.8 Å². The number of hydrogen-bond donors (Lipinski definition) is 1. The molecule has 8 heteroatoms. The summed E-state index contributed by atoms with van der Waals surface area (Å²) in [6.07, 6.45) is 0. The van der Waals surface area contributed by atoms with Crippen molar-refractivity contribution >= 4 is 11.8 Å². The number of nitrogens with zero attached hydrogens (tertiary/aromatic N) is 3. The lowest BCUT2D eigenvalue weighted by Gasteiger charge is -2.43. The Hall–Kier alpha value is -4.59. The molecule has 0 bridgehead atoms. The van der Waals surface area contributed by atoms with Crippen LogP contribution in [0.5, 0.6) is 11.5 Å². The Morgan fingerprint density at radius 2 is 1.53 bits per heavy atom. The van der Waals surface area contributed by atoms with Gasteiger partial charge in [-0.05, 0) is 25.1 Å². The smallest absolute Gasteiger partial charge is 0.273 e. The van der Waals surface area contributed by atoms with E-state index < -0.39 is 5.54 Å². The number of hydrogen-bond acceptors (Lipinski definition) is 5. The summed E-state index contributed by atoms with van der Waals surface area (Å²) in [6, 6.07) is 26.5. The van der Waals surface area contributed by atoms with Crippen molar-refractivity contribution in [2.75, 3.05) is 14.2 Å². The van der Waals surface area contributed by atoms with Gasteiger partial charge in [-0.15, -0.1) is 0 Å². The van der Waals surface area contributed by atoms with E-state index in [1.165, 1.54) is 0 Å². The predicted molar refractivity (Wildman–Crippen MR) is 144 cm³/mol. The number of nitrogens with one attached hydrogen (secondary N) is 1. The molecule has 0 radical (unpaired) electrons. The van der Waals surface area contributed by atoms with Crippen molar-refractivity contribution < 1.29 is 19.1 Å². The number of carbonyl (C=O) groups excluding carboxylic acids is 2. The molecule has 0 aliphatic carbocycles. The first-order valence-corrected chi connectivity index (χ1v) is 12.4. The Balaban J connectivity index is 1.51. The lowest BCUT2D eigenvalue weighted by Crippen LogP contribution is -2.63. The number of para-hydroxylation sites is 2. The maximum absolute atomic E-state index is 14.0. The van der Waals surface area contributed by atoms with E-state index in [1.807, 2.05) is 78.9 Å². The van der Waals surface area contributed by atoms with Crippen LogP contribution in [-0.2, 0) is 24.4 Å². The number of fused-ring (bicyclic) bond motifs is 1. The van der Waals surface area contributed by atoms with E-state index in [9.17, 15) is 9.59 Å². The van der Waals surface area contributed by atoms with Gasteiger partial charge in [-0.3, -0.25) is 14.3 Å². The van der Waals surface area contributed by atoms with E-state index in [0.717, 1.165) is 16.7 Å². The van der Waals surface area contributed by atoms with Crippen LogP contribution in [0.1, 0.15) is 28.5 Å². The van der Waals surface area contributed by atoms with Crippen LogP contribution in [0.3, 0.4) is 0 Å². The van der Waals surface area contributed by atoms with Gasteiger partial charge < -0.3 is 19.7 Å². The maximum Gasteiger partial charge on any atom is 0.273 e. The van der Waals surface area contributed by atoms with E-state index in [2.05, 4.69) is 5.32 Å². The number of carbonyl (C=O) groups is 2. The molecule has 8 nitrogen and oxygen atoms in total. The number of rotatable bonds is 8. The largest absolute Gasteiger partial charge is 0.496 e. The van der Waals surface area contributed by atoms with Gasteiger partial charge in [0, 0.05) is 23.2 Å². The van der Waals surface area contributed by atoms with Gasteiger partial charge >= 0.3 is 0 Å². The lowest BCUT2D eigenvalue weighted by atomic mass is 9.93. The molecule has 2 amide bonds. The number of benzene rings is 3. The molecule has 4 aromatic rings. The minimum Gasteiger partial charge on any atom is -0.496 e. The van der Waals surface area contributed by atoms with Gasteiger partial charge in [-0.2, -0.15) is 5.10 Å². The molecule has 38 heavy (non-hydrogen) atoms. The number of methoxy groups -OCH3 is 2. The summed E-state index contributed by atoms with van der Waals surface area (Å²) in [6.45, 7) is 2.45. The molecular weight excluding hydrogens is 480 g/mol. The summed E-state index contributed by atoms with van der Waals surface area (Å²) in [7, 11) is 3.19. The van der Waals surface area contributed by atoms with Crippen LogP contribution < -0.4 is 14.8 Å². The molecule has 0 unspecified atom stereocenters. The highest BCUT2D eigenvalue weighted by Crippen LogP contribution is 2.33. The summed E-state index contributed by atoms with van der Waals surface area (Å²) in [5, 5.41) is 7.75. The second-order valence-electron chi connectivity index (χ2n) is 9.41. The van der Waals surface area contributed by atoms with Gasteiger partial charge in [0.05, 0.1) is 33.0 Å². The topological polar surface area (TPSA) is 85.7 Å². The molecular formula is C30H30N4O4. The van der Waals surface area contributed by atoms with E-state index in [0.29, 0.717) is 22.9 Å². The Bertz CT molecular complexity index is 1470. The molecule has 0 spiro atoms. The molecule has 1 N–H and O–H groups in total. The molecule has 1 atom stereocenters. The van der Waals surface area contributed by atoms with Gasteiger partial charge in [-0.25, -0.2) is 0 Å². The van der Waals surface area contributed by atoms with Crippen molar-refractivity contribution in [3.05, 3.63) is 102 Å².